The van der Waals surface area contributed by atoms with E-state index in [0.717, 1.165) is 56.3 Å². The Kier molecular flexibility index (Phi) is 16.1. The Hall–Kier alpha value is -7.38. The van der Waals surface area contributed by atoms with Gasteiger partial charge in [0, 0.05) is 50.0 Å². The molecule has 3 aliphatic heterocycles. The number of fused-ring (bicyclic) bond motifs is 2. The number of halogens is 2. The zero-order chi connectivity index (χ0) is 52.1. The number of nitrogens with zero attached hydrogens (tertiary/aromatic N) is 6. The molecule has 0 saturated carbocycles. The molecule has 1 fully saturated rings. The summed E-state index contributed by atoms with van der Waals surface area (Å²) >= 11 is 12.7. The van der Waals surface area contributed by atoms with E-state index in [-0.39, 0.29) is 76.5 Å². The summed E-state index contributed by atoms with van der Waals surface area (Å²) in [6, 6.07) is 12.4. The Morgan fingerprint density at radius 1 is 0.795 bits per heavy atom. The van der Waals surface area contributed by atoms with Crippen LogP contribution in [0.1, 0.15) is 143 Å². The maximum Gasteiger partial charge on any atom is 0.279 e. The Bertz CT molecular complexity index is 3060. The molecule has 7 amide bonds. The van der Waals surface area contributed by atoms with E-state index in [0.29, 0.717) is 46.3 Å². The first-order valence-corrected chi connectivity index (χ1v) is 25.0. The number of piperidine rings is 1. The number of imidazole rings is 1. The van der Waals surface area contributed by atoms with Gasteiger partial charge in [0.25, 0.3) is 35.1 Å². The van der Waals surface area contributed by atoms with Crippen molar-refractivity contribution in [3.8, 4) is 23.0 Å². The van der Waals surface area contributed by atoms with Gasteiger partial charge in [-0.05, 0) is 81.1 Å². The van der Waals surface area contributed by atoms with E-state index in [1.807, 2.05) is 18.4 Å². The number of carbonyl (C=O) groups is 7. The molecule has 3 aromatic heterocycles. The molecule has 382 valence electrons. The monoisotopic (exact) mass is 1040 g/mol. The van der Waals surface area contributed by atoms with Gasteiger partial charge in [0.05, 0.1) is 40.1 Å². The highest BCUT2D eigenvalue weighted by atomic mass is 35.5. The topological polar surface area (TPSA) is 233 Å². The van der Waals surface area contributed by atoms with Crippen molar-refractivity contribution in [3.63, 3.8) is 0 Å². The summed E-state index contributed by atoms with van der Waals surface area (Å²) in [4.78, 5) is 116. The molecule has 19 nitrogen and oxygen atoms in total. The lowest BCUT2D eigenvalue weighted by Crippen LogP contribution is -2.54. The zero-order valence-electron chi connectivity index (χ0n) is 40.8. The lowest BCUT2D eigenvalue weighted by molar-refractivity contribution is -0.136. The second-order valence-corrected chi connectivity index (χ2v) is 19.3. The molecule has 1 unspecified atom stereocenters. The second-order valence-electron chi connectivity index (χ2n) is 18.4. The number of imide groups is 2. The average molecular weight is 1040 g/mol. The van der Waals surface area contributed by atoms with Crippen molar-refractivity contribution < 1.29 is 43.0 Å². The van der Waals surface area contributed by atoms with Crippen LogP contribution in [0.4, 0.5) is 5.69 Å². The van der Waals surface area contributed by atoms with Crippen LogP contribution < -0.4 is 35.9 Å². The summed E-state index contributed by atoms with van der Waals surface area (Å²) < 4.78 is 14.5. The molecule has 6 heterocycles. The van der Waals surface area contributed by atoms with Crippen molar-refractivity contribution in [2.75, 3.05) is 31.7 Å². The molecule has 0 bridgehead atoms. The van der Waals surface area contributed by atoms with E-state index in [9.17, 15) is 38.4 Å². The number of amides is 7. The summed E-state index contributed by atoms with van der Waals surface area (Å²) in [5.74, 6) is -2.75. The molecule has 8 rings (SSSR count). The highest BCUT2D eigenvalue weighted by Crippen LogP contribution is 2.45. The van der Waals surface area contributed by atoms with Crippen LogP contribution in [0.2, 0.25) is 10.0 Å². The minimum Gasteiger partial charge on any atom is -0.484 e. The molecule has 21 heteroatoms. The summed E-state index contributed by atoms with van der Waals surface area (Å²) in [5, 5.41) is 8.78. The molecule has 73 heavy (non-hydrogen) atoms. The lowest BCUT2D eigenvalue weighted by Gasteiger charge is -2.28. The maximum absolute atomic E-state index is 14.5. The first-order valence-electron chi connectivity index (χ1n) is 24.2. The molecular weight excluding hydrogens is 982 g/mol. The van der Waals surface area contributed by atoms with Crippen LogP contribution >= 0.6 is 23.2 Å². The third kappa shape index (κ3) is 11.0. The number of benzene rings is 2. The van der Waals surface area contributed by atoms with Gasteiger partial charge in [-0.15, -0.1) is 0 Å². The van der Waals surface area contributed by atoms with Crippen LogP contribution in [0.15, 0.2) is 71.8 Å². The van der Waals surface area contributed by atoms with Crippen molar-refractivity contribution in [3.05, 3.63) is 121 Å². The Labute approximate surface area is 430 Å². The smallest absolute Gasteiger partial charge is 0.279 e. The fourth-order valence-corrected chi connectivity index (χ4v) is 9.81. The standard InChI is InChI=1S/C52H55Cl2N9O10/c1-29(2)61-44-42(52(71)62(39-24-33(54)27-60(3)51(39)70)43(44)30-13-15-32(53)16-14-30)59-45(61)37-23-31(26-57-48(37)72-4)46(66)56-22-12-10-8-6-5-7-9-11-21-55-41(65)28-73-34-17-18-35-36(25-34)50(69)63(49(35)68)38-19-20-40(64)58-47(38)67/h13-18,23-27,29,38,43H,5-12,19-22,28H2,1-4H3,(H,55,65)(H,56,66)(H,58,64,67)/t38?,43-/m1/s1. The van der Waals surface area contributed by atoms with Gasteiger partial charge in [0.1, 0.15) is 29.3 Å². The number of anilines is 1. The normalized spacial score (nSPS) is 16.2. The molecule has 3 N–H and O–H groups in total. The predicted octanol–water partition coefficient (Wildman–Crippen LogP) is 6.74. The van der Waals surface area contributed by atoms with Crippen LogP contribution in [0, 0.1) is 0 Å². The molecule has 0 aliphatic carbocycles. The fraction of sp³-hybridized carbons (Fsp3) is 0.385. The van der Waals surface area contributed by atoms with Gasteiger partial charge in [-0.2, -0.15) is 0 Å². The molecule has 2 aromatic carbocycles. The molecule has 3 aliphatic rings. The Morgan fingerprint density at radius 3 is 2.14 bits per heavy atom. The van der Waals surface area contributed by atoms with E-state index in [2.05, 4.69) is 20.9 Å². The molecule has 2 atom stereocenters. The predicted molar refractivity (Wildman–Crippen MR) is 270 cm³/mol. The largest absolute Gasteiger partial charge is 0.484 e. The SMILES string of the molecule is COc1ncc(C(=O)NCCCCCCCCCCNC(=O)COc2ccc3c(c2)C(=O)N(C2CCC(=O)NC2=O)C3=O)cc1-c1nc2c(n1C(C)C)[C@@H](c1ccc(Cl)cc1)N(c1cc(Cl)cn(C)c1=O)C2=O. The summed E-state index contributed by atoms with van der Waals surface area (Å²) in [6.07, 6.45) is 10.5. The van der Waals surface area contributed by atoms with E-state index in [4.69, 9.17) is 37.7 Å². The quantitative estimate of drug-likeness (QED) is 0.0513. The Balaban J connectivity index is 0.775. The number of unbranched alkanes of at least 4 members (excludes halogenated alkanes) is 7. The van der Waals surface area contributed by atoms with E-state index in [1.165, 1.54) is 53.2 Å². The second kappa shape index (κ2) is 22.6. The van der Waals surface area contributed by atoms with E-state index < -0.39 is 47.2 Å². The van der Waals surface area contributed by atoms with Crippen LogP contribution in [0.3, 0.4) is 0 Å². The minimum absolute atomic E-state index is 0.0223. The summed E-state index contributed by atoms with van der Waals surface area (Å²) in [7, 11) is 3.04. The fourth-order valence-electron chi connectivity index (χ4n) is 9.44. The van der Waals surface area contributed by atoms with Gasteiger partial charge >= 0.3 is 0 Å². The molecule has 0 spiro atoms. The number of aromatic nitrogens is 4. The van der Waals surface area contributed by atoms with Crippen LogP contribution in [0.5, 0.6) is 11.6 Å². The van der Waals surface area contributed by atoms with Gasteiger partial charge in [0.15, 0.2) is 12.3 Å². The number of pyridine rings is 2. The van der Waals surface area contributed by atoms with Crippen LogP contribution in [-0.4, -0.2) is 98.2 Å². The van der Waals surface area contributed by atoms with Gasteiger partial charge in [-0.1, -0.05) is 73.9 Å². The third-order valence-corrected chi connectivity index (χ3v) is 13.5. The van der Waals surface area contributed by atoms with E-state index in [1.54, 1.807) is 37.4 Å². The van der Waals surface area contributed by atoms with Crippen molar-refractivity contribution in [2.45, 2.75) is 96.2 Å². The van der Waals surface area contributed by atoms with Gasteiger partial charge in [-0.25, -0.2) is 9.97 Å². The number of aryl methyl sites for hydroxylation is 1. The minimum atomic E-state index is -1.07. The number of rotatable bonds is 21. The number of methoxy groups -OCH3 is 1. The van der Waals surface area contributed by atoms with E-state index >= 15 is 0 Å². The number of hydrogen-bond acceptors (Lipinski definition) is 12. The average Bonchev–Trinajstić information content (AvgIpc) is 3.98. The first kappa shape index (κ1) is 52.0. The third-order valence-electron chi connectivity index (χ3n) is 13.0. The number of ether oxygens (including phenoxy) is 2. The molecule has 0 radical (unpaired) electrons. The number of hydrogen-bond donors (Lipinski definition) is 3. The summed E-state index contributed by atoms with van der Waals surface area (Å²) in [5.41, 5.74) is 1.95. The van der Waals surface area contributed by atoms with Crippen molar-refractivity contribution >= 4 is 70.2 Å². The Morgan fingerprint density at radius 2 is 1.47 bits per heavy atom. The van der Waals surface area contributed by atoms with Crippen LogP contribution in [-0.2, 0) is 21.4 Å². The van der Waals surface area contributed by atoms with Crippen LogP contribution in [0.25, 0.3) is 11.4 Å². The first-order chi connectivity index (χ1) is 35.1. The maximum atomic E-state index is 14.5. The lowest BCUT2D eigenvalue weighted by atomic mass is 10.0. The van der Waals surface area contributed by atoms with Crippen molar-refractivity contribution in [1.82, 2.24) is 40.0 Å². The van der Waals surface area contributed by atoms with Gasteiger partial charge < -0.3 is 29.2 Å². The van der Waals surface area contributed by atoms with Gasteiger partial charge in [0.2, 0.25) is 17.7 Å². The molecular formula is C52H55Cl2N9O10. The zero-order valence-corrected chi connectivity index (χ0v) is 42.3. The number of carbonyl (C=O) groups excluding carboxylic acids is 7. The molecule has 1 saturated heterocycles. The molecule has 5 aromatic rings. The highest BCUT2D eigenvalue weighted by Gasteiger charge is 2.47. The highest BCUT2D eigenvalue weighted by molar-refractivity contribution is 6.31. The van der Waals surface area contributed by atoms with Crippen molar-refractivity contribution in [1.29, 1.82) is 0 Å². The summed E-state index contributed by atoms with van der Waals surface area (Å²) in [6.45, 7) is 4.56. The van der Waals surface area contributed by atoms with Crippen molar-refractivity contribution in [2.24, 2.45) is 7.05 Å². The number of nitrogens with one attached hydrogen (secondary N) is 3. The van der Waals surface area contributed by atoms with Gasteiger partial charge in [-0.3, -0.25) is 53.5 Å².